The van der Waals surface area contributed by atoms with Crippen molar-refractivity contribution in [3.63, 3.8) is 0 Å². The summed E-state index contributed by atoms with van der Waals surface area (Å²) in [6, 6.07) is 0. The maximum Gasteiger partial charge on any atom is 0.123 e. The van der Waals surface area contributed by atoms with Gasteiger partial charge in [0.2, 0.25) is 0 Å². The van der Waals surface area contributed by atoms with Crippen molar-refractivity contribution in [1.29, 1.82) is 0 Å². The van der Waals surface area contributed by atoms with E-state index in [9.17, 15) is 4.79 Å². The van der Waals surface area contributed by atoms with Crippen LogP contribution < -0.4 is 0 Å². The van der Waals surface area contributed by atoms with Crippen LogP contribution in [0.5, 0.6) is 0 Å². The first kappa shape index (κ1) is 20.7. The summed E-state index contributed by atoms with van der Waals surface area (Å²) in [6.45, 7) is 2.29. The minimum Gasteiger partial charge on any atom is -0.303 e. The Morgan fingerprint density at radius 2 is 1.04 bits per heavy atom. The second-order valence-electron chi connectivity index (χ2n) is 7.89. The SMILES string of the molecule is CCCCCCCCCCCCCCCCCCC1CC1C=O. The molecule has 0 saturated heterocycles. The van der Waals surface area contributed by atoms with Crippen molar-refractivity contribution in [3.05, 3.63) is 0 Å². The zero-order valence-electron chi connectivity index (χ0n) is 15.9. The van der Waals surface area contributed by atoms with Gasteiger partial charge in [0.25, 0.3) is 0 Å². The molecule has 0 bridgehead atoms. The Morgan fingerprint density at radius 1 is 0.652 bits per heavy atom. The molecule has 0 aliphatic heterocycles. The number of unbranched alkanes of at least 4 members (excludes halogenated alkanes) is 15. The van der Waals surface area contributed by atoms with Crippen LogP contribution in [-0.4, -0.2) is 6.29 Å². The first-order valence-electron chi connectivity index (χ1n) is 10.8. The van der Waals surface area contributed by atoms with E-state index in [2.05, 4.69) is 6.92 Å². The van der Waals surface area contributed by atoms with Crippen LogP contribution in [-0.2, 0) is 4.79 Å². The van der Waals surface area contributed by atoms with Gasteiger partial charge in [0, 0.05) is 5.92 Å². The van der Waals surface area contributed by atoms with Crippen LogP contribution in [0.2, 0.25) is 0 Å². The summed E-state index contributed by atoms with van der Waals surface area (Å²) in [4.78, 5) is 10.5. The van der Waals surface area contributed by atoms with Crippen LogP contribution in [0, 0.1) is 11.8 Å². The van der Waals surface area contributed by atoms with Gasteiger partial charge in [0.15, 0.2) is 0 Å². The molecule has 1 heteroatoms. The molecule has 1 nitrogen and oxygen atoms in total. The van der Waals surface area contributed by atoms with E-state index >= 15 is 0 Å². The van der Waals surface area contributed by atoms with Gasteiger partial charge in [-0.25, -0.2) is 0 Å². The van der Waals surface area contributed by atoms with Crippen LogP contribution in [0.1, 0.15) is 122 Å². The summed E-state index contributed by atoms with van der Waals surface area (Å²) in [5, 5.41) is 0. The summed E-state index contributed by atoms with van der Waals surface area (Å²) >= 11 is 0. The second-order valence-corrected chi connectivity index (χ2v) is 7.89. The van der Waals surface area contributed by atoms with Crippen molar-refractivity contribution in [3.8, 4) is 0 Å². The molecule has 0 amide bonds. The molecule has 2 unspecified atom stereocenters. The Hall–Kier alpha value is -0.330. The van der Waals surface area contributed by atoms with E-state index in [4.69, 9.17) is 0 Å². The highest BCUT2D eigenvalue weighted by molar-refractivity contribution is 5.58. The minimum absolute atomic E-state index is 0.436. The smallest absolute Gasteiger partial charge is 0.123 e. The molecule has 0 radical (unpaired) electrons. The third-order valence-electron chi connectivity index (χ3n) is 5.58. The zero-order valence-corrected chi connectivity index (χ0v) is 15.9. The second kappa shape index (κ2) is 15.2. The van der Waals surface area contributed by atoms with Crippen LogP contribution in [0.4, 0.5) is 0 Å². The molecule has 0 spiro atoms. The van der Waals surface area contributed by atoms with E-state index in [0.717, 1.165) is 12.2 Å². The fourth-order valence-electron chi connectivity index (χ4n) is 3.72. The lowest BCUT2D eigenvalue weighted by Crippen LogP contribution is -1.86. The molecule has 2 atom stereocenters. The number of hydrogen-bond donors (Lipinski definition) is 0. The van der Waals surface area contributed by atoms with Gasteiger partial charge in [-0.15, -0.1) is 0 Å². The van der Waals surface area contributed by atoms with Crippen molar-refractivity contribution in [2.24, 2.45) is 11.8 Å². The predicted octanol–water partition coefficient (Wildman–Crippen LogP) is 7.47. The maximum absolute atomic E-state index is 10.5. The Morgan fingerprint density at radius 3 is 1.39 bits per heavy atom. The van der Waals surface area contributed by atoms with E-state index in [-0.39, 0.29) is 0 Å². The average Bonchev–Trinajstić information content (AvgIpc) is 3.33. The fraction of sp³-hybridized carbons (Fsp3) is 0.955. The molecule has 0 aromatic heterocycles. The van der Waals surface area contributed by atoms with E-state index in [1.165, 1.54) is 116 Å². The van der Waals surface area contributed by atoms with Gasteiger partial charge in [-0.2, -0.15) is 0 Å². The van der Waals surface area contributed by atoms with Gasteiger partial charge in [-0.1, -0.05) is 110 Å². The largest absolute Gasteiger partial charge is 0.303 e. The standard InChI is InChI=1S/C22H42O/c1-2-3-4-5-6-7-8-9-10-11-12-13-14-15-16-17-18-21-19-22(21)20-23/h20-22H,2-19H2,1H3. The molecule has 136 valence electrons. The number of rotatable bonds is 18. The van der Waals surface area contributed by atoms with Gasteiger partial charge < -0.3 is 4.79 Å². The van der Waals surface area contributed by atoms with Crippen LogP contribution in [0.25, 0.3) is 0 Å². The van der Waals surface area contributed by atoms with Gasteiger partial charge in [0.1, 0.15) is 6.29 Å². The number of aldehydes is 1. The summed E-state index contributed by atoms with van der Waals surface area (Å²) in [7, 11) is 0. The molecule has 1 rings (SSSR count). The van der Waals surface area contributed by atoms with Crippen LogP contribution in [0.3, 0.4) is 0 Å². The van der Waals surface area contributed by atoms with Crippen molar-refractivity contribution in [2.75, 3.05) is 0 Å². The highest BCUT2D eigenvalue weighted by atomic mass is 16.1. The molecule has 23 heavy (non-hydrogen) atoms. The maximum atomic E-state index is 10.5. The van der Waals surface area contributed by atoms with E-state index in [1.54, 1.807) is 0 Å². The molecule has 1 fully saturated rings. The molecule has 0 aromatic rings. The Bertz CT molecular complexity index is 261. The summed E-state index contributed by atoms with van der Waals surface area (Å²) < 4.78 is 0. The van der Waals surface area contributed by atoms with E-state index in [0.29, 0.717) is 5.92 Å². The third-order valence-corrected chi connectivity index (χ3v) is 5.58. The first-order valence-corrected chi connectivity index (χ1v) is 10.8. The molecular weight excluding hydrogens is 280 g/mol. The summed E-state index contributed by atoms with van der Waals surface area (Å²) in [6.07, 6.45) is 26.6. The predicted molar refractivity (Wildman–Crippen MR) is 102 cm³/mol. The minimum atomic E-state index is 0.436. The summed E-state index contributed by atoms with van der Waals surface area (Å²) in [5.74, 6) is 1.20. The molecule has 1 aliphatic carbocycles. The summed E-state index contributed by atoms with van der Waals surface area (Å²) in [5.41, 5.74) is 0. The lowest BCUT2D eigenvalue weighted by atomic mass is 10.0. The molecule has 0 heterocycles. The van der Waals surface area contributed by atoms with Crippen LogP contribution in [0.15, 0.2) is 0 Å². The molecule has 0 aromatic carbocycles. The molecule has 0 N–H and O–H groups in total. The van der Waals surface area contributed by atoms with Crippen molar-refractivity contribution in [2.45, 2.75) is 122 Å². The quantitative estimate of drug-likeness (QED) is 0.189. The van der Waals surface area contributed by atoms with E-state index in [1.807, 2.05) is 0 Å². The lowest BCUT2D eigenvalue weighted by molar-refractivity contribution is -0.109. The molecular formula is C22H42O. The fourth-order valence-corrected chi connectivity index (χ4v) is 3.72. The van der Waals surface area contributed by atoms with Gasteiger partial charge >= 0.3 is 0 Å². The van der Waals surface area contributed by atoms with Crippen molar-refractivity contribution in [1.82, 2.24) is 0 Å². The van der Waals surface area contributed by atoms with Gasteiger partial charge in [-0.3, -0.25) is 0 Å². The first-order chi connectivity index (χ1) is 11.4. The Kier molecular flexibility index (Phi) is 13.7. The topological polar surface area (TPSA) is 17.1 Å². The third kappa shape index (κ3) is 12.7. The van der Waals surface area contributed by atoms with Gasteiger partial charge in [0.05, 0.1) is 0 Å². The van der Waals surface area contributed by atoms with Crippen molar-refractivity contribution < 1.29 is 4.79 Å². The lowest BCUT2D eigenvalue weighted by Gasteiger charge is -2.03. The Balaban J connectivity index is 1.63. The monoisotopic (exact) mass is 322 g/mol. The number of carbonyl (C=O) groups excluding carboxylic acids is 1. The highest BCUT2D eigenvalue weighted by Gasteiger charge is 2.35. The van der Waals surface area contributed by atoms with E-state index < -0.39 is 0 Å². The molecule has 1 aliphatic rings. The van der Waals surface area contributed by atoms with Crippen LogP contribution >= 0.6 is 0 Å². The Labute approximate surface area is 146 Å². The van der Waals surface area contributed by atoms with Gasteiger partial charge in [-0.05, 0) is 18.8 Å². The van der Waals surface area contributed by atoms with Crippen molar-refractivity contribution >= 4 is 6.29 Å². The average molecular weight is 323 g/mol. The number of hydrogen-bond acceptors (Lipinski definition) is 1. The molecule has 1 saturated carbocycles. The highest BCUT2D eigenvalue weighted by Crippen LogP contribution is 2.40. The zero-order chi connectivity index (χ0) is 16.6. The number of carbonyl (C=O) groups is 1. The normalized spacial score (nSPS) is 19.9.